The van der Waals surface area contributed by atoms with Gasteiger partial charge in [-0.05, 0) is 30.5 Å². The fourth-order valence-electron chi connectivity index (χ4n) is 1.60. The van der Waals surface area contributed by atoms with Crippen LogP contribution >= 0.6 is 35.0 Å². The number of thioether (sulfide) groups is 1. The van der Waals surface area contributed by atoms with Gasteiger partial charge in [0.05, 0.1) is 11.8 Å². The van der Waals surface area contributed by atoms with Crippen molar-refractivity contribution in [2.24, 2.45) is 5.16 Å². The lowest BCUT2D eigenvalue weighted by atomic mass is 10.3. The van der Waals surface area contributed by atoms with Crippen LogP contribution in [0.25, 0.3) is 0 Å². The van der Waals surface area contributed by atoms with Gasteiger partial charge in [-0.1, -0.05) is 40.1 Å². The van der Waals surface area contributed by atoms with E-state index in [9.17, 15) is 18.0 Å². The zero-order chi connectivity index (χ0) is 20.0. The Labute approximate surface area is 164 Å². The lowest BCUT2D eigenvalue weighted by molar-refractivity contribution is -0.274. The zero-order valence-corrected chi connectivity index (χ0v) is 15.6. The van der Waals surface area contributed by atoms with Crippen molar-refractivity contribution < 1.29 is 27.5 Å². The number of anilines is 1. The van der Waals surface area contributed by atoms with Crippen LogP contribution in [0, 0.1) is 0 Å². The van der Waals surface area contributed by atoms with Gasteiger partial charge in [0, 0.05) is 5.69 Å². The molecule has 1 aromatic heterocycles. The summed E-state index contributed by atoms with van der Waals surface area (Å²) in [5, 5.41) is 6.07. The average molecular weight is 441 g/mol. The molecule has 0 aliphatic rings. The second-order valence-electron chi connectivity index (χ2n) is 4.52. The molecule has 0 radical (unpaired) electrons. The van der Waals surface area contributed by atoms with Crippen LogP contribution in [0.5, 0.6) is 5.75 Å². The minimum atomic E-state index is -4.80. The maximum absolute atomic E-state index is 12.1. The Hall–Kier alpha value is -2.24. The summed E-state index contributed by atoms with van der Waals surface area (Å²) < 4.78 is 39.9. The highest BCUT2D eigenvalue weighted by atomic mass is 35.5. The predicted molar refractivity (Wildman–Crippen MR) is 94.7 cm³/mol. The van der Waals surface area contributed by atoms with E-state index in [1.807, 2.05) is 0 Å². The van der Waals surface area contributed by atoms with Crippen LogP contribution in [0.15, 0.2) is 34.6 Å². The Morgan fingerprint density at radius 2 is 1.81 bits per heavy atom. The Morgan fingerprint density at radius 1 is 1.22 bits per heavy atom. The molecular formula is C14H9Cl2F3N4O3S. The second-order valence-corrected chi connectivity index (χ2v) is 6.01. The molecule has 0 fully saturated rings. The first-order valence-electron chi connectivity index (χ1n) is 6.82. The van der Waals surface area contributed by atoms with Crippen molar-refractivity contribution in [1.82, 2.24) is 9.97 Å². The van der Waals surface area contributed by atoms with Gasteiger partial charge < -0.3 is 4.74 Å². The van der Waals surface area contributed by atoms with Gasteiger partial charge in [-0.2, -0.15) is 0 Å². The van der Waals surface area contributed by atoms with Crippen LogP contribution in [0.2, 0.25) is 10.3 Å². The Balaban J connectivity index is 1.94. The summed E-state index contributed by atoms with van der Waals surface area (Å²) in [4.78, 5) is 24.1. The van der Waals surface area contributed by atoms with Gasteiger partial charge >= 0.3 is 12.5 Å². The van der Waals surface area contributed by atoms with E-state index in [-0.39, 0.29) is 21.6 Å². The number of carbonyl (C=O) groups excluding carboxylic acids is 1. The van der Waals surface area contributed by atoms with E-state index in [1.54, 1.807) is 6.26 Å². The van der Waals surface area contributed by atoms with Crippen molar-refractivity contribution in [3.05, 3.63) is 40.1 Å². The Bertz CT molecular complexity index is 827. The molecule has 0 bridgehead atoms. The lowest BCUT2D eigenvalue weighted by Gasteiger charge is -2.09. The van der Waals surface area contributed by atoms with Crippen LogP contribution < -0.4 is 10.1 Å². The SMILES string of the molecule is CSc1nc(Cl)c(/C=N\OC(=O)Nc2ccc(OC(F)(F)F)cc2)c(Cl)n1. The summed E-state index contributed by atoms with van der Waals surface area (Å²) in [7, 11) is 0. The van der Waals surface area contributed by atoms with Crippen molar-refractivity contribution >= 4 is 53.0 Å². The molecule has 1 amide bonds. The molecule has 13 heteroatoms. The largest absolute Gasteiger partial charge is 0.573 e. The molecule has 1 heterocycles. The highest BCUT2D eigenvalue weighted by Crippen LogP contribution is 2.24. The number of aromatic nitrogens is 2. The molecule has 7 nitrogen and oxygen atoms in total. The van der Waals surface area contributed by atoms with E-state index in [0.29, 0.717) is 5.16 Å². The molecule has 0 saturated heterocycles. The predicted octanol–water partition coefficient (Wildman–Crippen LogP) is 4.99. The number of benzene rings is 1. The highest BCUT2D eigenvalue weighted by molar-refractivity contribution is 7.98. The van der Waals surface area contributed by atoms with E-state index in [0.717, 1.165) is 18.3 Å². The van der Waals surface area contributed by atoms with Crippen LogP contribution in [-0.2, 0) is 4.84 Å². The standard InChI is InChI=1S/C14H9Cl2F3N4O3S/c1-27-12-22-10(15)9(11(16)23-12)6-20-26-13(24)21-7-2-4-8(5-3-7)25-14(17,18)19/h2-6H,1H3,(H,21,24)/b20-6-. The molecule has 0 aliphatic carbocycles. The van der Waals surface area contributed by atoms with Crippen LogP contribution in [-0.4, -0.2) is 34.9 Å². The normalized spacial score (nSPS) is 11.5. The number of halogens is 5. The first kappa shape index (κ1) is 21.1. The van der Waals surface area contributed by atoms with Crippen molar-refractivity contribution in [2.45, 2.75) is 11.5 Å². The Morgan fingerprint density at radius 3 is 2.33 bits per heavy atom. The third-order valence-electron chi connectivity index (χ3n) is 2.67. The summed E-state index contributed by atoms with van der Waals surface area (Å²) in [6, 6.07) is 4.43. The van der Waals surface area contributed by atoms with Gasteiger partial charge in [-0.25, -0.2) is 14.8 Å². The topological polar surface area (TPSA) is 85.7 Å². The minimum absolute atomic E-state index is 0.0207. The quantitative estimate of drug-likeness (QED) is 0.176. The summed E-state index contributed by atoms with van der Waals surface area (Å²) in [6.07, 6.45) is -3.01. The summed E-state index contributed by atoms with van der Waals surface area (Å²) >= 11 is 13.1. The molecule has 0 unspecified atom stereocenters. The maximum atomic E-state index is 12.1. The molecule has 2 aromatic rings. The number of rotatable bonds is 5. The molecular weight excluding hydrogens is 432 g/mol. The molecule has 0 aliphatic heterocycles. The highest BCUT2D eigenvalue weighted by Gasteiger charge is 2.30. The Kier molecular flexibility index (Phi) is 7.11. The monoisotopic (exact) mass is 440 g/mol. The van der Waals surface area contributed by atoms with E-state index in [1.165, 1.54) is 23.9 Å². The third kappa shape index (κ3) is 6.77. The number of ether oxygens (including phenoxy) is 1. The van der Waals surface area contributed by atoms with E-state index >= 15 is 0 Å². The fraction of sp³-hybridized carbons (Fsp3) is 0.143. The van der Waals surface area contributed by atoms with E-state index in [4.69, 9.17) is 23.2 Å². The molecule has 0 atom stereocenters. The first-order chi connectivity index (χ1) is 12.7. The lowest BCUT2D eigenvalue weighted by Crippen LogP contribution is -2.17. The van der Waals surface area contributed by atoms with E-state index < -0.39 is 18.2 Å². The van der Waals surface area contributed by atoms with Crippen molar-refractivity contribution in [1.29, 1.82) is 0 Å². The molecule has 1 aromatic carbocycles. The van der Waals surface area contributed by atoms with Gasteiger partial charge in [-0.15, -0.1) is 13.2 Å². The fourth-order valence-corrected chi connectivity index (χ4v) is 2.55. The number of nitrogens with zero attached hydrogens (tertiary/aromatic N) is 3. The molecule has 0 saturated carbocycles. The first-order valence-corrected chi connectivity index (χ1v) is 8.80. The van der Waals surface area contributed by atoms with Gasteiger partial charge in [0.15, 0.2) is 5.16 Å². The summed E-state index contributed by atoms with van der Waals surface area (Å²) in [5.74, 6) is -0.433. The summed E-state index contributed by atoms with van der Waals surface area (Å²) in [5.41, 5.74) is 0.311. The smallest absolute Gasteiger partial charge is 0.406 e. The zero-order valence-electron chi connectivity index (χ0n) is 13.3. The third-order valence-corrected chi connectivity index (χ3v) is 3.79. The van der Waals surface area contributed by atoms with Gasteiger partial charge in [-0.3, -0.25) is 10.2 Å². The number of carbonyl (C=O) groups is 1. The van der Waals surface area contributed by atoms with Crippen molar-refractivity contribution in [3.63, 3.8) is 0 Å². The van der Waals surface area contributed by atoms with E-state index in [2.05, 4.69) is 30.0 Å². The number of amides is 1. The molecule has 144 valence electrons. The van der Waals surface area contributed by atoms with Crippen LogP contribution in [0.3, 0.4) is 0 Å². The number of oxime groups is 1. The van der Waals surface area contributed by atoms with Crippen LogP contribution in [0.4, 0.5) is 23.7 Å². The number of nitrogens with one attached hydrogen (secondary N) is 1. The molecule has 27 heavy (non-hydrogen) atoms. The average Bonchev–Trinajstić information content (AvgIpc) is 2.57. The van der Waals surface area contributed by atoms with Gasteiger partial charge in [0.25, 0.3) is 0 Å². The number of hydrogen-bond acceptors (Lipinski definition) is 7. The van der Waals surface area contributed by atoms with Crippen molar-refractivity contribution in [2.75, 3.05) is 11.6 Å². The van der Waals surface area contributed by atoms with Crippen molar-refractivity contribution in [3.8, 4) is 5.75 Å². The molecule has 2 rings (SSSR count). The van der Waals surface area contributed by atoms with Gasteiger partial charge in [0.2, 0.25) is 0 Å². The minimum Gasteiger partial charge on any atom is -0.406 e. The molecule has 1 N–H and O–H groups in total. The maximum Gasteiger partial charge on any atom is 0.573 e. The van der Waals surface area contributed by atoms with Crippen LogP contribution in [0.1, 0.15) is 5.56 Å². The summed E-state index contributed by atoms with van der Waals surface area (Å²) in [6.45, 7) is 0. The van der Waals surface area contributed by atoms with Gasteiger partial charge in [0.1, 0.15) is 16.1 Å². The number of hydrogen-bond donors (Lipinski definition) is 1. The molecule has 0 spiro atoms. The second kappa shape index (κ2) is 9.11. The number of alkyl halides is 3.